The molecule has 1 amide bonds. The Morgan fingerprint density at radius 2 is 1.82 bits per heavy atom. The Morgan fingerprint density at radius 1 is 1.14 bits per heavy atom. The second kappa shape index (κ2) is 7.12. The van der Waals surface area contributed by atoms with Crippen LogP contribution in [0.2, 0.25) is 0 Å². The number of nitrogens with zero attached hydrogens (tertiary/aromatic N) is 1. The van der Waals surface area contributed by atoms with Crippen molar-refractivity contribution in [1.82, 2.24) is 5.43 Å². The summed E-state index contributed by atoms with van der Waals surface area (Å²) in [4.78, 5) is 22.7. The minimum absolute atomic E-state index is 0.0538. The highest BCUT2D eigenvalue weighted by atomic mass is 19.1. The Hall–Kier alpha value is -3.02. The summed E-state index contributed by atoms with van der Waals surface area (Å²) in [6.45, 7) is 0. The average Bonchev–Trinajstić information content (AvgIpc) is 2.50. The van der Waals surface area contributed by atoms with Crippen LogP contribution in [0.3, 0.4) is 0 Å². The summed E-state index contributed by atoms with van der Waals surface area (Å²) in [5, 5.41) is 12.7. The number of aromatic carboxylic acids is 1. The van der Waals surface area contributed by atoms with Crippen molar-refractivity contribution in [1.29, 1.82) is 0 Å². The number of carbonyl (C=O) groups is 2. The molecule has 2 aromatic rings. The van der Waals surface area contributed by atoms with Gasteiger partial charge in [0.2, 0.25) is 5.91 Å². The molecule has 0 heterocycles. The zero-order valence-corrected chi connectivity index (χ0v) is 11.5. The van der Waals surface area contributed by atoms with Crippen LogP contribution in [0.5, 0.6) is 0 Å². The molecule has 0 aromatic heterocycles. The van der Waals surface area contributed by atoms with Crippen LogP contribution in [0.4, 0.5) is 4.39 Å². The van der Waals surface area contributed by atoms with Gasteiger partial charge in [0, 0.05) is 5.56 Å². The molecule has 112 valence electrons. The molecule has 0 aliphatic rings. The summed E-state index contributed by atoms with van der Waals surface area (Å²) >= 11 is 0. The van der Waals surface area contributed by atoms with Gasteiger partial charge in [0.1, 0.15) is 5.82 Å². The molecular formula is C16H13FN2O3. The van der Waals surface area contributed by atoms with E-state index >= 15 is 0 Å². The smallest absolute Gasteiger partial charge is 0.336 e. The molecule has 0 spiro atoms. The molecule has 6 heteroatoms. The Balaban J connectivity index is 1.96. The quantitative estimate of drug-likeness (QED) is 0.656. The number of carboxylic acid groups (broad SMARTS) is 1. The van der Waals surface area contributed by atoms with Crippen molar-refractivity contribution in [2.45, 2.75) is 6.42 Å². The third-order valence-electron chi connectivity index (χ3n) is 2.86. The monoisotopic (exact) mass is 300 g/mol. The fourth-order valence-corrected chi connectivity index (χ4v) is 1.81. The van der Waals surface area contributed by atoms with E-state index in [0.29, 0.717) is 11.1 Å². The fraction of sp³-hybridized carbons (Fsp3) is 0.0625. The number of halogens is 1. The molecule has 0 atom stereocenters. The van der Waals surface area contributed by atoms with Crippen molar-refractivity contribution in [2.75, 3.05) is 0 Å². The van der Waals surface area contributed by atoms with E-state index in [9.17, 15) is 14.0 Å². The number of carboxylic acids is 1. The Bertz CT molecular complexity index is 712. The summed E-state index contributed by atoms with van der Waals surface area (Å²) in [6, 6.07) is 11.9. The second-order valence-corrected chi connectivity index (χ2v) is 4.49. The highest BCUT2D eigenvalue weighted by Gasteiger charge is 2.07. The van der Waals surface area contributed by atoms with Gasteiger partial charge in [-0.3, -0.25) is 4.79 Å². The Labute approximate surface area is 126 Å². The van der Waals surface area contributed by atoms with Crippen molar-refractivity contribution in [3.05, 3.63) is 71.0 Å². The molecule has 0 fully saturated rings. The molecule has 0 unspecified atom stereocenters. The van der Waals surface area contributed by atoms with Gasteiger partial charge in [-0.25, -0.2) is 14.6 Å². The number of nitrogens with one attached hydrogen (secondary N) is 1. The van der Waals surface area contributed by atoms with Crippen molar-refractivity contribution in [3.8, 4) is 0 Å². The SMILES string of the molecule is O=C(Cc1ccc(F)cc1)N/N=C/c1ccccc1C(=O)O. The Morgan fingerprint density at radius 3 is 2.50 bits per heavy atom. The predicted octanol–water partition coefficient (Wildman–Crippen LogP) is 2.22. The van der Waals surface area contributed by atoms with Crippen molar-refractivity contribution < 1.29 is 19.1 Å². The first-order chi connectivity index (χ1) is 10.6. The van der Waals surface area contributed by atoms with E-state index in [1.807, 2.05) is 0 Å². The van der Waals surface area contributed by atoms with Crippen molar-refractivity contribution >= 4 is 18.1 Å². The number of rotatable bonds is 5. The van der Waals surface area contributed by atoms with E-state index in [4.69, 9.17) is 5.11 Å². The fourth-order valence-electron chi connectivity index (χ4n) is 1.81. The minimum Gasteiger partial charge on any atom is -0.478 e. The molecule has 0 bridgehead atoms. The van der Waals surface area contributed by atoms with E-state index in [0.717, 1.165) is 0 Å². The first-order valence-corrected chi connectivity index (χ1v) is 6.45. The van der Waals surface area contributed by atoms with Crippen molar-refractivity contribution in [3.63, 3.8) is 0 Å². The van der Waals surface area contributed by atoms with E-state index in [2.05, 4.69) is 10.5 Å². The van der Waals surface area contributed by atoms with Crippen LogP contribution in [0.25, 0.3) is 0 Å². The molecule has 2 N–H and O–H groups in total. The molecule has 2 rings (SSSR count). The van der Waals surface area contributed by atoms with Gasteiger partial charge in [-0.05, 0) is 23.8 Å². The van der Waals surface area contributed by atoms with Gasteiger partial charge in [-0.2, -0.15) is 5.10 Å². The minimum atomic E-state index is -1.07. The number of hydrogen-bond acceptors (Lipinski definition) is 3. The first kappa shape index (κ1) is 15.4. The van der Waals surface area contributed by atoms with Crippen LogP contribution in [0, 0.1) is 5.82 Å². The van der Waals surface area contributed by atoms with Gasteiger partial charge in [0.15, 0.2) is 0 Å². The largest absolute Gasteiger partial charge is 0.478 e. The van der Waals surface area contributed by atoms with Crippen LogP contribution >= 0.6 is 0 Å². The maximum absolute atomic E-state index is 12.7. The molecule has 0 radical (unpaired) electrons. The second-order valence-electron chi connectivity index (χ2n) is 4.49. The zero-order chi connectivity index (χ0) is 15.9. The lowest BCUT2D eigenvalue weighted by Crippen LogP contribution is -2.20. The number of amides is 1. The maximum atomic E-state index is 12.7. The van der Waals surface area contributed by atoms with E-state index in [-0.39, 0.29) is 23.7 Å². The van der Waals surface area contributed by atoms with Gasteiger partial charge in [0.25, 0.3) is 0 Å². The molecule has 0 saturated carbocycles. The van der Waals surface area contributed by atoms with Crippen LogP contribution in [-0.4, -0.2) is 23.2 Å². The van der Waals surface area contributed by atoms with Gasteiger partial charge >= 0.3 is 5.97 Å². The van der Waals surface area contributed by atoms with E-state index in [1.54, 1.807) is 18.2 Å². The molecule has 22 heavy (non-hydrogen) atoms. The zero-order valence-electron chi connectivity index (χ0n) is 11.5. The van der Waals surface area contributed by atoms with E-state index in [1.165, 1.54) is 36.5 Å². The Kier molecular flexibility index (Phi) is 4.98. The van der Waals surface area contributed by atoms with Crippen LogP contribution in [0.15, 0.2) is 53.6 Å². The molecular weight excluding hydrogens is 287 g/mol. The van der Waals surface area contributed by atoms with Gasteiger partial charge in [-0.1, -0.05) is 30.3 Å². The topological polar surface area (TPSA) is 78.8 Å². The first-order valence-electron chi connectivity index (χ1n) is 6.45. The van der Waals surface area contributed by atoms with Crippen LogP contribution < -0.4 is 5.43 Å². The third kappa shape index (κ3) is 4.24. The molecule has 2 aromatic carbocycles. The van der Waals surface area contributed by atoms with Crippen LogP contribution in [-0.2, 0) is 11.2 Å². The predicted molar refractivity (Wildman–Crippen MR) is 79.2 cm³/mol. The molecule has 0 aliphatic heterocycles. The number of hydrogen-bond donors (Lipinski definition) is 2. The van der Waals surface area contributed by atoms with Gasteiger partial charge in [-0.15, -0.1) is 0 Å². The highest BCUT2D eigenvalue weighted by Crippen LogP contribution is 2.06. The van der Waals surface area contributed by atoms with Crippen molar-refractivity contribution in [2.24, 2.45) is 5.10 Å². The summed E-state index contributed by atoms with van der Waals surface area (Å²) in [6.07, 6.45) is 1.32. The standard InChI is InChI=1S/C16H13FN2O3/c17-13-7-5-11(6-8-13)9-15(20)19-18-10-12-3-1-2-4-14(12)16(21)22/h1-8,10H,9H2,(H,19,20)(H,21,22)/b18-10+. The van der Waals surface area contributed by atoms with Gasteiger partial charge in [0.05, 0.1) is 18.2 Å². The lowest BCUT2D eigenvalue weighted by atomic mass is 10.1. The number of benzene rings is 2. The normalized spacial score (nSPS) is 10.6. The lowest BCUT2D eigenvalue weighted by Gasteiger charge is -2.01. The molecule has 0 saturated heterocycles. The molecule has 0 aliphatic carbocycles. The number of hydrazone groups is 1. The summed E-state index contributed by atoms with van der Waals surface area (Å²) in [5.74, 6) is -1.82. The lowest BCUT2D eigenvalue weighted by molar-refractivity contribution is -0.120. The maximum Gasteiger partial charge on any atom is 0.336 e. The highest BCUT2D eigenvalue weighted by molar-refractivity contribution is 5.98. The average molecular weight is 300 g/mol. The summed E-state index contributed by atoms with van der Waals surface area (Å²) in [7, 11) is 0. The molecule has 5 nitrogen and oxygen atoms in total. The van der Waals surface area contributed by atoms with Crippen LogP contribution in [0.1, 0.15) is 21.5 Å². The summed E-state index contributed by atoms with van der Waals surface area (Å²) < 4.78 is 12.7. The third-order valence-corrected chi connectivity index (χ3v) is 2.86. The summed E-state index contributed by atoms with van der Waals surface area (Å²) in [5.41, 5.74) is 3.44. The van der Waals surface area contributed by atoms with Gasteiger partial charge < -0.3 is 5.11 Å². The van der Waals surface area contributed by atoms with E-state index < -0.39 is 5.97 Å². The number of carbonyl (C=O) groups excluding carboxylic acids is 1.